The zero-order chi connectivity index (χ0) is 21.5. The van der Waals surface area contributed by atoms with Crippen LogP contribution < -0.4 is 0 Å². The van der Waals surface area contributed by atoms with Gasteiger partial charge in [-0.3, -0.25) is 29.1 Å². The number of nitrogens with zero attached hydrogens (tertiary/aromatic N) is 4. The fourth-order valence-electron chi connectivity index (χ4n) is 2.81. The molecule has 11 heteroatoms. The van der Waals surface area contributed by atoms with Gasteiger partial charge in [0.05, 0.1) is 19.6 Å². The van der Waals surface area contributed by atoms with Crippen molar-refractivity contribution in [3.8, 4) is 0 Å². The third-order valence-electron chi connectivity index (χ3n) is 4.22. The number of hydrogen-bond acceptors (Lipinski definition) is 9. The Morgan fingerprint density at radius 3 is 1.29 bits per heavy atom. The van der Waals surface area contributed by atoms with Gasteiger partial charge in [-0.1, -0.05) is 0 Å². The van der Waals surface area contributed by atoms with Gasteiger partial charge in [-0.25, -0.2) is 0 Å². The summed E-state index contributed by atoms with van der Waals surface area (Å²) in [5, 5.41) is 18.1. The predicted octanol–water partition coefficient (Wildman–Crippen LogP) is -1.99. The van der Waals surface area contributed by atoms with Crippen molar-refractivity contribution in [2.75, 3.05) is 79.0 Å². The Morgan fingerprint density at radius 2 is 1.00 bits per heavy atom. The molecule has 0 aromatic rings. The number of ketones is 1. The van der Waals surface area contributed by atoms with Crippen LogP contribution in [0.1, 0.15) is 6.92 Å². The topological polar surface area (TPSA) is 139 Å². The van der Waals surface area contributed by atoms with E-state index in [1.807, 2.05) is 16.8 Å². The SMILES string of the molecule is CC(=O)CN1CCN(C)CCN(CC(=O)O)CCN(CC(=O)O)CC1.O=C=O. The van der Waals surface area contributed by atoms with Crippen molar-refractivity contribution >= 4 is 23.9 Å². The highest BCUT2D eigenvalue weighted by atomic mass is 16.4. The summed E-state index contributed by atoms with van der Waals surface area (Å²) >= 11 is 0. The van der Waals surface area contributed by atoms with Gasteiger partial charge in [-0.2, -0.15) is 9.59 Å². The minimum absolute atomic E-state index is 0.0504. The van der Waals surface area contributed by atoms with E-state index in [-0.39, 0.29) is 25.0 Å². The minimum Gasteiger partial charge on any atom is -0.480 e. The summed E-state index contributed by atoms with van der Waals surface area (Å²) in [7, 11) is 1.98. The summed E-state index contributed by atoms with van der Waals surface area (Å²) in [4.78, 5) is 57.6. The van der Waals surface area contributed by atoms with E-state index in [9.17, 15) is 14.4 Å². The summed E-state index contributed by atoms with van der Waals surface area (Å²) in [5.41, 5.74) is 0. The third kappa shape index (κ3) is 14.0. The van der Waals surface area contributed by atoms with Crippen molar-refractivity contribution in [2.45, 2.75) is 6.92 Å². The van der Waals surface area contributed by atoms with Crippen molar-refractivity contribution in [3.63, 3.8) is 0 Å². The van der Waals surface area contributed by atoms with E-state index in [0.717, 1.165) is 19.6 Å². The van der Waals surface area contributed by atoms with E-state index in [4.69, 9.17) is 19.8 Å². The first-order valence-corrected chi connectivity index (χ1v) is 8.95. The van der Waals surface area contributed by atoms with Crippen LogP contribution in [0.25, 0.3) is 0 Å². The molecule has 0 bridgehead atoms. The van der Waals surface area contributed by atoms with Crippen molar-refractivity contribution in [3.05, 3.63) is 0 Å². The van der Waals surface area contributed by atoms with E-state index in [1.165, 1.54) is 0 Å². The molecule has 0 aromatic heterocycles. The average Bonchev–Trinajstić information content (AvgIpc) is 2.57. The monoisotopic (exact) mass is 402 g/mol. The first kappa shape index (κ1) is 25.8. The second kappa shape index (κ2) is 14.8. The number of carbonyl (C=O) groups is 3. The largest absolute Gasteiger partial charge is 0.480 e. The molecule has 1 heterocycles. The second-order valence-electron chi connectivity index (χ2n) is 6.70. The Hall–Kier alpha value is -2.17. The van der Waals surface area contributed by atoms with Gasteiger partial charge in [-0.15, -0.1) is 0 Å². The average molecular weight is 402 g/mol. The molecule has 1 aliphatic heterocycles. The van der Waals surface area contributed by atoms with Crippen LogP contribution in [0.15, 0.2) is 0 Å². The fraction of sp³-hybridized carbons (Fsp3) is 0.765. The summed E-state index contributed by atoms with van der Waals surface area (Å²) in [6, 6.07) is 0. The summed E-state index contributed by atoms with van der Waals surface area (Å²) in [5.74, 6) is -1.70. The number of carboxylic acid groups (broad SMARTS) is 2. The molecule has 160 valence electrons. The molecule has 0 spiro atoms. The first-order chi connectivity index (χ1) is 13.2. The van der Waals surface area contributed by atoms with Crippen LogP contribution in [0.3, 0.4) is 0 Å². The highest BCUT2D eigenvalue weighted by Crippen LogP contribution is 2.00. The highest BCUT2D eigenvalue weighted by Gasteiger charge is 2.18. The van der Waals surface area contributed by atoms with E-state index in [1.54, 1.807) is 11.8 Å². The lowest BCUT2D eigenvalue weighted by atomic mass is 10.3. The number of Topliss-reactive ketones (excluding diaryl/α,β-unsaturated/α-hetero) is 1. The fourth-order valence-corrected chi connectivity index (χ4v) is 2.81. The molecular weight excluding hydrogens is 372 g/mol. The molecule has 0 saturated carbocycles. The Morgan fingerprint density at radius 1 is 0.714 bits per heavy atom. The van der Waals surface area contributed by atoms with Gasteiger partial charge in [0.1, 0.15) is 5.78 Å². The highest BCUT2D eigenvalue weighted by molar-refractivity contribution is 5.77. The van der Waals surface area contributed by atoms with Gasteiger partial charge in [0.25, 0.3) is 0 Å². The van der Waals surface area contributed by atoms with Gasteiger partial charge in [0.2, 0.25) is 0 Å². The van der Waals surface area contributed by atoms with E-state index < -0.39 is 11.9 Å². The van der Waals surface area contributed by atoms with Gasteiger partial charge in [0.15, 0.2) is 0 Å². The van der Waals surface area contributed by atoms with Crippen molar-refractivity contribution < 1.29 is 34.2 Å². The van der Waals surface area contributed by atoms with Gasteiger partial charge in [0, 0.05) is 52.4 Å². The number of likely N-dealkylation sites (N-methyl/N-ethyl adjacent to an activating group) is 1. The molecule has 0 aromatic carbocycles. The maximum absolute atomic E-state index is 11.4. The molecule has 1 aliphatic rings. The number of hydrogen-bond donors (Lipinski definition) is 2. The van der Waals surface area contributed by atoms with Crippen LogP contribution in [0.5, 0.6) is 0 Å². The Kier molecular flexibility index (Phi) is 13.7. The van der Waals surface area contributed by atoms with Gasteiger partial charge in [-0.05, 0) is 14.0 Å². The standard InChI is InChI=1S/C16H30N4O5.CO2/c1-14(21)11-18-5-3-17(2)4-6-19(12-15(22)23)9-10-20(8-7-18)13-16(24)25;2-1-3/h3-13H2,1-2H3,(H,22,23)(H,24,25);. The molecule has 0 amide bonds. The van der Waals surface area contributed by atoms with Crippen molar-refractivity contribution in [2.24, 2.45) is 0 Å². The predicted molar refractivity (Wildman–Crippen MR) is 97.8 cm³/mol. The van der Waals surface area contributed by atoms with Crippen LogP contribution in [-0.2, 0) is 24.0 Å². The quantitative estimate of drug-likeness (QED) is 0.510. The third-order valence-corrected chi connectivity index (χ3v) is 4.22. The van der Waals surface area contributed by atoms with Crippen LogP contribution in [-0.4, -0.2) is 133 Å². The Bertz CT molecular complexity index is 506. The number of carboxylic acids is 2. The van der Waals surface area contributed by atoms with E-state index in [0.29, 0.717) is 39.3 Å². The van der Waals surface area contributed by atoms with Crippen LogP contribution in [0, 0.1) is 0 Å². The van der Waals surface area contributed by atoms with Gasteiger partial charge >= 0.3 is 18.1 Å². The molecular formula is C17H30N4O7. The normalized spacial score (nSPS) is 18.6. The molecule has 2 N–H and O–H groups in total. The number of rotatable bonds is 6. The maximum atomic E-state index is 11.4. The molecule has 0 radical (unpaired) electrons. The summed E-state index contributed by atoms with van der Waals surface area (Å²) in [6.45, 7) is 6.72. The number of carbonyl (C=O) groups excluding carboxylic acids is 3. The lowest BCUT2D eigenvalue weighted by molar-refractivity contribution is -0.191. The molecule has 1 saturated heterocycles. The van der Waals surface area contributed by atoms with E-state index in [2.05, 4.69) is 4.90 Å². The minimum atomic E-state index is -0.908. The molecule has 11 nitrogen and oxygen atoms in total. The van der Waals surface area contributed by atoms with Crippen molar-refractivity contribution in [1.82, 2.24) is 19.6 Å². The summed E-state index contributed by atoms with van der Waals surface area (Å²) < 4.78 is 0. The first-order valence-electron chi connectivity index (χ1n) is 8.95. The van der Waals surface area contributed by atoms with Crippen LogP contribution >= 0.6 is 0 Å². The zero-order valence-electron chi connectivity index (χ0n) is 16.5. The van der Waals surface area contributed by atoms with Crippen molar-refractivity contribution in [1.29, 1.82) is 0 Å². The molecule has 28 heavy (non-hydrogen) atoms. The van der Waals surface area contributed by atoms with E-state index >= 15 is 0 Å². The zero-order valence-corrected chi connectivity index (χ0v) is 16.5. The summed E-state index contributed by atoms with van der Waals surface area (Å²) in [6.07, 6.45) is 0.250. The second-order valence-corrected chi connectivity index (χ2v) is 6.70. The molecule has 1 fully saturated rings. The van der Waals surface area contributed by atoms with Crippen LogP contribution in [0.2, 0.25) is 0 Å². The lowest BCUT2D eigenvalue weighted by Crippen LogP contribution is -2.47. The van der Waals surface area contributed by atoms with Gasteiger partial charge < -0.3 is 15.1 Å². The Balaban J connectivity index is 0.00000227. The van der Waals surface area contributed by atoms with Crippen LogP contribution in [0.4, 0.5) is 0 Å². The smallest absolute Gasteiger partial charge is 0.373 e. The maximum Gasteiger partial charge on any atom is 0.373 e. The molecule has 0 atom stereocenters. The lowest BCUT2D eigenvalue weighted by Gasteiger charge is -2.32. The molecule has 1 rings (SSSR count). The molecule has 0 aliphatic carbocycles. The Labute approximate surface area is 164 Å². The number of aliphatic carboxylic acids is 2. The molecule has 0 unspecified atom stereocenters.